The zero-order valence-electron chi connectivity index (χ0n) is 10.7. The number of H-pyrrole nitrogens is 1. The summed E-state index contributed by atoms with van der Waals surface area (Å²) in [4.78, 5) is 18.1. The largest absolute Gasteiger partial charge is 0.489 e. The van der Waals surface area contributed by atoms with Crippen molar-refractivity contribution in [2.24, 2.45) is 0 Å². The van der Waals surface area contributed by atoms with Gasteiger partial charge < -0.3 is 19.6 Å². The Labute approximate surface area is 119 Å². The van der Waals surface area contributed by atoms with E-state index in [2.05, 4.69) is 9.97 Å². The number of hydrogen-bond donors (Lipinski definition) is 2. The molecule has 7 heteroatoms. The van der Waals surface area contributed by atoms with Crippen LogP contribution in [0, 0.1) is 0 Å². The van der Waals surface area contributed by atoms with Crippen LogP contribution in [0.3, 0.4) is 0 Å². The SMILES string of the molecule is O=C(O)CSCc1nc2cc3c(cc2[nH]1)OCCCO3. The quantitative estimate of drug-likeness (QED) is 0.897. The number of imidazole rings is 1. The average Bonchev–Trinajstić information content (AvgIpc) is 2.64. The summed E-state index contributed by atoms with van der Waals surface area (Å²) in [6.45, 7) is 1.29. The lowest BCUT2D eigenvalue weighted by molar-refractivity contribution is -0.133. The predicted octanol–water partition coefficient (Wildman–Crippen LogP) is 2.04. The first-order valence-electron chi connectivity index (χ1n) is 6.30. The van der Waals surface area contributed by atoms with Crippen molar-refractivity contribution in [2.75, 3.05) is 19.0 Å². The molecule has 0 unspecified atom stereocenters. The molecule has 2 aromatic rings. The van der Waals surface area contributed by atoms with Gasteiger partial charge in [-0.1, -0.05) is 0 Å². The van der Waals surface area contributed by atoms with Crippen LogP contribution >= 0.6 is 11.8 Å². The van der Waals surface area contributed by atoms with Gasteiger partial charge in [0.1, 0.15) is 5.82 Å². The van der Waals surface area contributed by atoms with Crippen LogP contribution in [0.2, 0.25) is 0 Å². The normalized spacial score (nSPS) is 14.2. The Balaban J connectivity index is 1.82. The summed E-state index contributed by atoms with van der Waals surface area (Å²) in [6, 6.07) is 3.74. The van der Waals surface area contributed by atoms with Gasteiger partial charge in [0, 0.05) is 18.6 Å². The molecule has 0 amide bonds. The zero-order valence-corrected chi connectivity index (χ0v) is 11.5. The van der Waals surface area contributed by atoms with E-state index in [4.69, 9.17) is 14.6 Å². The molecule has 0 saturated heterocycles. The summed E-state index contributed by atoms with van der Waals surface area (Å²) < 4.78 is 11.2. The minimum absolute atomic E-state index is 0.0692. The number of aromatic amines is 1. The molecule has 0 spiro atoms. The van der Waals surface area contributed by atoms with Crippen LogP contribution < -0.4 is 9.47 Å². The second-order valence-corrected chi connectivity index (χ2v) is 5.42. The third-order valence-corrected chi connectivity index (χ3v) is 3.79. The fourth-order valence-electron chi connectivity index (χ4n) is 2.02. The molecule has 6 nitrogen and oxygen atoms in total. The molecule has 0 atom stereocenters. The molecule has 106 valence electrons. The standard InChI is InChI=1S/C13H14N2O4S/c16-13(17)7-20-6-12-14-8-4-10-11(5-9(8)15-12)19-3-1-2-18-10/h4-5H,1-3,6-7H2,(H,14,15)(H,16,17). The number of carboxylic acid groups (broad SMARTS) is 1. The maximum atomic E-state index is 10.5. The number of aliphatic carboxylic acids is 1. The molecular weight excluding hydrogens is 280 g/mol. The Kier molecular flexibility index (Phi) is 3.68. The summed E-state index contributed by atoms with van der Waals surface area (Å²) in [5.41, 5.74) is 1.68. The highest BCUT2D eigenvalue weighted by Gasteiger charge is 2.14. The number of ether oxygens (including phenoxy) is 2. The van der Waals surface area contributed by atoms with Crippen molar-refractivity contribution in [1.82, 2.24) is 9.97 Å². The molecule has 0 radical (unpaired) electrons. The summed E-state index contributed by atoms with van der Waals surface area (Å²) in [6.07, 6.45) is 0.868. The van der Waals surface area contributed by atoms with Crippen LogP contribution in [-0.4, -0.2) is 40.0 Å². The van der Waals surface area contributed by atoms with Crippen molar-refractivity contribution in [1.29, 1.82) is 0 Å². The number of rotatable bonds is 4. The molecule has 1 aromatic carbocycles. The molecule has 20 heavy (non-hydrogen) atoms. The third-order valence-electron chi connectivity index (χ3n) is 2.86. The monoisotopic (exact) mass is 294 g/mol. The summed E-state index contributed by atoms with van der Waals surface area (Å²) in [5, 5.41) is 8.62. The zero-order chi connectivity index (χ0) is 13.9. The lowest BCUT2D eigenvalue weighted by Gasteiger charge is -2.05. The molecule has 2 heterocycles. The fraction of sp³-hybridized carbons (Fsp3) is 0.385. The van der Waals surface area contributed by atoms with Gasteiger partial charge in [-0.05, 0) is 0 Å². The molecular formula is C13H14N2O4S. The van der Waals surface area contributed by atoms with Crippen molar-refractivity contribution in [3.05, 3.63) is 18.0 Å². The van der Waals surface area contributed by atoms with E-state index < -0.39 is 5.97 Å². The van der Waals surface area contributed by atoms with Crippen molar-refractivity contribution in [2.45, 2.75) is 12.2 Å². The number of nitrogens with one attached hydrogen (secondary N) is 1. The number of fused-ring (bicyclic) bond motifs is 2. The molecule has 1 aromatic heterocycles. The van der Waals surface area contributed by atoms with Gasteiger partial charge >= 0.3 is 5.97 Å². The number of thioether (sulfide) groups is 1. The first-order chi connectivity index (χ1) is 9.72. The molecule has 3 rings (SSSR count). The minimum Gasteiger partial charge on any atom is -0.489 e. The van der Waals surface area contributed by atoms with Gasteiger partial charge in [-0.15, -0.1) is 11.8 Å². The van der Waals surface area contributed by atoms with E-state index in [0.29, 0.717) is 24.7 Å². The molecule has 2 N–H and O–H groups in total. The highest BCUT2D eigenvalue weighted by atomic mass is 32.2. The molecule has 1 aliphatic heterocycles. The third kappa shape index (κ3) is 2.82. The number of carboxylic acids is 1. The fourth-order valence-corrected chi connectivity index (χ4v) is 2.63. The predicted molar refractivity (Wildman–Crippen MR) is 75.5 cm³/mol. The Morgan fingerprint density at radius 2 is 2.10 bits per heavy atom. The van der Waals surface area contributed by atoms with E-state index in [9.17, 15) is 4.79 Å². The van der Waals surface area contributed by atoms with E-state index in [1.54, 1.807) is 0 Å². The minimum atomic E-state index is -0.820. The van der Waals surface area contributed by atoms with Crippen LogP contribution in [0.15, 0.2) is 12.1 Å². The van der Waals surface area contributed by atoms with Gasteiger partial charge in [0.25, 0.3) is 0 Å². The molecule has 0 saturated carbocycles. The van der Waals surface area contributed by atoms with E-state index in [1.165, 1.54) is 11.8 Å². The second-order valence-electron chi connectivity index (χ2n) is 4.44. The molecule has 1 aliphatic rings. The number of hydrogen-bond acceptors (Lipinski definition) is 5. The first-order valence-corrected chi connectivity index (χ1v) is 7.45. The maximum Gasteiger partial charge on any atom is 0.313 e. The molecule has 0 bridgehead atoms. The van der Waals surface area contributed by atoms with E-state index >= 15 is 0 Å². The van der Waals surface area contributed by atoms with Crippen molar-refractivity contribution >= 4 is 28.8 Å². The lowest BCUT2D eigenvalue weighted by Crippen LogP contribution is -1.98. The van der Waals surface area contributed by atoms with Crippen LogP contribution in [0.4, 0.5) is 0 Å². The number of benzene rings is 1. The van der Waals surface area contributed by atoms with Crippen LogP contribution in [0.1, 0.15) is 12.2 Å². The van der Waals surface area contributed by atoms with Crippen molar-refractivity contribution < 1.29 is 19.4 Å². The van der Waals surface area contributed by atoms with Crippen molar-refractivity contribution in [3.63, 3.8) is 0 Å². The number of carbonyl (C=O) groups is 1. The van der Waals surface area contributed by atoms with E-state index in [0.717, 1.165) is 29.0 Å². The van der Waals surface area contributed by atoms with Crippen LogP contribution in [0.25, 0.3) is 11.0 Å². The van der Waals surface area contributed by atoms with Crippen LogP contribution in [0.5, 0.6) is 11.5 Å². The van der Waals surface area contributed by atoms with Crippen LogP contribution in [-0.2, 0) is 10.5 Å². The van der Waals surface area contributed by atoms with E-state index in [1.807, 2.05) is 12.1 Å². The topological polar surface area (TPSA) is 84.4 Å². The van der Waals surface area contributed by atoms with Gasteiger partial charge in [0.05, 0.1) is 35.8 Å². The highest BCUT2D eigenvalue weighted by Crippen LogP contribution is 2.33. The second kappa shape index (κ2) is 5.62. The molecule has 0 fully saturated rings. The summed E-state index contributed by atoms with van der Waals surface area (Å²) in [5.74, 6) is 1.98. The Morgan fingerprint density at radius 1 is 1.35 bits per heavy atom. The van der Waals surface area contributed by atoms with Gasteiger partial charge in [-0.2, -0.15) is 0 Å². The smallest absolute Gasteiger partial charge is 0.313 e. The Bertz CT molecular complexity index is 598. The Hall–Kier alpha value is -1.89. The molecule has 0 aliphatic carbocycles. The van der Waals surface area contributed by atoms with Gasteiger partial charge in [-0.3, -0.25) is 4.79 Å². The number of aromatic nitrogens is 2. The van der Waals surface area contributed by atoms with Gasteiger partial charge in [0.15, 0.2) is 11.5 Å². The van der Waals surface area contributed by atoms with E-state index in [-0.39, 0.29) is 5.75 Å². The highest BCUT2D eigenvalue weighted by molar-refractivity contribution is 7.99. The maximum absolute atomic E-state index is 10.5. The summed E-state index contributed by atoms with van der Waals surface area (Å²) >= 11 is 1.31. The summed E-state index contributed by atoms with van der Waals surface area (Å²) in [7, 11) is 0. The van der Waals surface area contributed by atoms with Crippen molar-refractivity contribution in [3.8, 4) is 11.5 Å². The number of nitrogens with zero attached hydrogens (tertiary/aromatic N) is 1. The Morgan fingerprint density at radius 3 is 2.85 bits per heavy atom. The lowest BCUT2D eigenvalue weighted by atomic mass is 10.3. The van der Waals surface area contributed by atoms with Gasteiger partial charge in [0.2, 0.25) is 0 Å². The average molecular weight is 294 g/mol. The first kappa shape index (κ1) is 13.1. The van der Waals surface area contributed by atoms with Gasteiger partial charge in [-0.25, -0.2) is 4.98 Å².